The molecule has 0 heterocycles. The maximum absolute atomic E-state index is 12.8. The van der Waals surface area contributed by atoms with Crippen molar-refractivity contribution in [2.24, 2.45) is 0 Å². The summed E-state index contributed by atoms with van der Waals surface area (Å²) in [6.45, 7) is 0. The van der Waals surface area contributed by atoms with Gasteiger partial charge in [0.05, 0.1) is 0 Å². The number of amides is 1. The lowest BCUT2D eigenvalue weighted by atomic mass is 10.2. The van der Waals surface area contributed by atoms with Gasteiger partial charge in [0.15, 0.2) is 0 Å². The minimum atomic E-state index is -3.27. The second-order valence-electron chi connectivity index (χ2n) is 2.20. The highest BCUT2D eigenvalue weighted by Crippen LogP contribution is 2.22. The highest BCUT2D eigenvalue weighted by molar-refractivity contribution is 5.48. The number of nitrogens with one attached hydrogen (secondary N) is 1. The number of carbonyl (C=O) groups is 1. The molecule has 64 valence electrons. The fraction of sp³-hybridized carbons (Fsp3) is 0.125. The van der Waals surface area contributed by atoms with Gasteiger partial charge in [-0.2, -0.15) is 8.78 Å². The Morgan fingerprint density at radius 2 is 1.83 bits per heavy atom. The molecule has 0 radical (unpaired) electrons. The van der Waals surface area contributed by atoms with E-state index in [0.717, 1.165) is 0 Å². The van der Waals surface area contributed by atoms with Gasteiger partial charge in [0, 0.05) is 5.56 Å². The highest BCUT2D eigenvalue weighted by atomic mass is 19.3. The Labute approximate surface area is 68.2 Å². The Hall–Kier alpha value is -1.45. The van der Waals surface area contributed by atoms with Crippen molar-refractivity contribution in [2.75, 3.05) is 0 Å². The third kappa shape index (κ3) is 1.78. The Bertz CT molecular complexity index is 261. The molecule has 0 fully saturated rings. The average Bonchev–Trinajstić information content (AvgIpc) is 2.06. The predicted octanol–water partition coefficient (Wildman–Crippen LogP) is 1.48. The fourth-order valence-electron chi connectivity index (χ4n) is 0.805. The SMILES string of the molecule is O=CNC(F)(F)c1ccccc1. The van der Waals surface area contributed by atoms with Crippen LogP contribution in [-0.2, 0) is 10.8 Å². The molecule has 0 saturated heterocycles. The Balaban J connectivity index is 2.89. The maximum Gasteiger partial charge on any atom is 0.352 e. The fourth-order valence-corrected chi connectivity index (χ4v) is 0.805. The zero-order chi connectivity index (χ0) is 9.03. The van der Waals surface area contributed by atoms with Gasteiger partial charge in [0.25, 0.3) is 0 Å². The van der Waals surface area contributed by atoms with Crippen LogP contribution in [0, 0.1) is 0 Å². The predicted molar refractivity (Wildman–Crippen MR) is 39.5 cm³/mol. The summed E-state index contributed by atoms with van der Waals surface area (Å²) in [6.07, 6.45) is -0.0208. The van der Waals surface area contributed by atoms with Crippen molar-refractivity contribution in [2.45, 2.75) is 6.05 Å². The Morgan fingerprint density at radius 1 is 1.25 bits per heavy atom. The third-order valence-corrected chi connectivity index (χ3v) is 1.38. The van der Waals surface area contributed by atoms with E-state index in [1.165, 1.54) is 29.6 Å². The number of alkyl halides is 2. The molecule has 0 unspecified atom stereocenters. The van der Waals surface area contributed by atoms with E-state index < -0.39 is 6.05 Å². The van der Waals surface area contributed by atoms with E-state index in [4.69, 9.17) is 0 Å². The van der Waals surface area contributed by atoms with E-state index in [0.29, 0.717) is 0 Å². The Morgan fingerprint density at radius 3 is 2.33 bits per heavy atom. The number of halogens is 2. The van der Waals surface area contributed by atoms with Crippen LogP contribution in [0.1, 0.15) is 5.56 Å². The first-order valence-corrected chi connectivity index (χ1v) is 3.31. The molecule has 0 aliphatic rings. The third-order valence-electron chi connectivity index (χ3n) is 1.38. The summed E-state index contributed by atoms with van der Waals surface area (Å²) in [4.78, 5) is 9.80. The van der Waals surface area contributed by atoms with Crippen LogP contribution in [0.5, 0.6) is 0 Å². The van der Waals surface area contributed by atoms with Crippen LogP contribution in [0.25, 0.3) is 0 Å². The first-order chi connectivity index (χ1) is 5.67. The summed E-state index contributed by atoms with van der Waals surface area (Å²) in [5.41, 5.74) is -0.225. The van der Waals surface area contributed by atoms with E-state index in [1.54, 1.807) is 6.07 Å². The van der Waals surface area contributed by atoms with Crippen LogP contribution in [0.3, 0.4) is 0 Å². The van der Waals surface area contributed by atoms with Crippen LogP contribution < -0.4 is 5.32 Å². The van der Waals surface area contributed by atoms with Crippen molar-refractivity contribution in [3.05, 3.63) is 35.9 Å². The summed E-state index contributed by atoms with van der Waals surface area (Å²) < 4.78 is 25.6. The quantitative estimate of drug-likeness (QED) is 0.541. The molecule has 1 rings (SSSR count). The standard InChI is InChI=1S/C8H7F2NO/c9-8(10,11-6-12)7-4-2-1-3-5-7/h1-6H,(H,11,12). The van der Waals surface area contributed by atoms with Crippen molar-refractivity contribution in [3.8, 4) is 0 Å². The van der Waals surface area contributed by atoms with Crippen molar-refractivity contribution >= 4 is 6.41 Å². The minimum absolute atomic E-state index is 0.0208. The lowest BCUT2D eigenvalue weighted by Crippen LogP contribution is -2.32. The van der Waals surface area contributed by atoms with Crippen molar-refractivity contribution in [1.82, 2.24) is 5.32 Å². The number of carbonyl (C=O) groups excluding carboxylic acids is 1. The minimum Gasteiger partial charge on any atom is -0.296 e. The summed E-state index contributed by atoms with van der Waals surface area (Å²) >= 11 is 0. The van der Waals surface area contributed by atoms with Gasteiger partial charge in [0.2, 0.25) is 6.41 Å². The Kier molecular flexibility index (Phi) is 2.38. The molecule has 12 heavy (non-hydrogen) atoms. The van der Waals surface area contributed by atoms with Gasteiger partial charge in [-0.3, -0.25) is 10.1 Å². The molecule has 1 aromatic carbocycles. The van der Waals surface area contributed by atoms with Crippen LogP contribution in [0.2, 0.25) is 0 Å². The largest absolute Gasteiger partial charge is 0.352 e. The molecule has 1 amide bonds. The van der Waals surface area contributed by atoms with Crippen LogP contribution in [-0.4, -0.2) is 6.41 Å². The average molecular weight is 171 g/mol. The first kappa shape index (κ1) is 8.64. The van der Waals surface area contributed by atoms with Crippen molar-refractivity contribution in [3.63, 3.8) is 0 Å². The normalized spacial score (nSPS) is 10.8. The monoisotopic (exact) mass is 171 g/mol. The van der Waals surface area contributed by atoms with E-state index >= 15 is 0 Å². The molecule has 0 saturated carbocycles. The molecule has 0 aromatic heterocycles. The first-order valence-electron chi connectivity index (χ1n) is 3.31. The summed E-state index contributed by atoms with van der Waals surface area (Å²) in [6, 6.07) is 3.81. The zero-order valence-corrected chi connectivity index (χ0v) is 6.13. The van der Waals surface area contributed by atoms with Gasteiger partial charge in [0.1, 0.15) is 0 Å². The molecular formula is C8H7F2NO. The molecule has 4 heteroatoms. The highest BCUT2D eigenvalue weighted by Gasteiger charge is 2.29. The van der Waals surface area contributed by atoms with Gasteiger partial charge >= 0.3 is 6.05 Å². The lowest BCUT2D eigenvalue weighted by Gasteiger charge is -2.14. The molecule has 1 N–H and O–H groups in total. The van der Waals surface area contributed by atoms with Gasteiger partial charge in [-0.15, -0.1) is 0 Å². The molecule has 0 atom stereocenters. The topological polar surface area (TPSA) is 29.1 Å². The van der Waals surface area contributed by atoms with E-state index in [2.05, 4.69) is 0 Å². The van der Waals surface area contributed by atoms with E-state index in [-0.39, 0.29) is 12.0 Å². The summed E-state index contributed by atoms with van der Waals surface area (Å²) in [7, 11) is 0. The second-order valence-corrected chi connectivity index (χ2v) is 2.20. The summed E-state index contributed by atoms with van der Waals surface area (Å²) in [5.74, 6) is 0. The number of hydrogen-bond acceptors (Lipinski definition) is 1. The van der Waals surface area contributed by atoms with Crippen LogP contribution in [0.4, 0.5) is 8.78 Å². The van der Waals surface area contributed by atoms with Crippen LogP contribution >= 0.6 is 0 Å². The molecule has 0 spiro atoms. The molecule has 1 aromatic rings. The number of rotatable bonds is 3. The second kappa shape index (κ2) is 3.30. The van der Waals surface area contributed by atoms with Gasteiger partial charge in [-0.05, 0) is 0 Å². The zero-order valence-electron chi connectivity index (χ0n) is 6.13. The van der Waals surface area contributed by atoms with Crippen molar-refractivity contribution in [1.29, 1.82) is 0 Å². The number of benzene rings is 1. The molecule has 0 aliphatic heterocycles. The molecule has 2 nitrogen and oxygen atoms in total. The van der Waals surface area contributed by atoms with Gasteiger partial charge in [-0.1, -0.05) is 30.3 Å². The van der Waals surface area contributed by atoms with Gasteiger partial charge < -0.3 is 0 Å². The summed E-state index contributed by atoms with van der Waals surface area (Å²) in [5, 5.41) is 1.42. The lowest BCUT2D eigenvalue weighted by molar-refractivity contribution is -0.121. The van der Waals surface area contributed by atoms with E-state index in [9.17, 15) is 13.6 Å². The number of hydrogen-bond donors (Lipinski definition) is 1. The van der Waals surface area contributed by atoms with Crippen molar-refractivity contribution < 1.29 is 13.6 Å². The smallest absolute Gasteiger partial charge is 0.296 e. The molecular weight excluding hydrogens is 164 g/mol. The van der Waals surface area contributed by atoms with E-state index in [1.807, 2.05) is 0 Å². The van der Waals surface area contributed by atoms with Crippen LogP contribution in [0.15, 0.2) is 30.3 Å². The molecule has 0 bridgehead atoms. The maximum atomic E-state index is 12.8. The van der Waals surface area contributed by atoms with Gasteiger partial charge in [-0.25, -0.2) is 0 Å². The molecule has 0 aliphatic carbocycles.